The second-order valence-corrected chi connectivity index (χ2v) is 8.87. The number of ether oxygens (including phenoxy) is 2. The van der Waals surface area contributed by atoms with Gasteiger partial charge in [-0.3, -0.25) is 19.3 Å². The van der Waals surface area contributed by atoms with E-state index in [-0.39, 0.29) is 68.6 Å². The van der Waals surface area contributed by atoms with Crippen molar-refractivity contribution >= 4 is 35.3 Å². The molecule has 0 unspecified atom stereocenters. The van der Waals surface area contributed by atoms with Crippen molar-refractivity contribution in [3.8, 4) is 0 Å². The number of aromatic nitrogens is 1. The number of carbonyl (C=O) groups is 4. The van der Waals surface area contributed by atoms with Crippen molar-refractivity contribution < 1.29 is 42.0 Å². The third-order valence-electron chi connectivity index (χ3n) is 6.37. The zero-order valence-electron chi connectivity index (χ0n) is 20.8. The van der Waals surface area contributed by atoms with Gasteiger partial charge >= 0.3 is 12.1 Å². The molecule has 1 aromatic carbocycles. The molecule has 0 bridgehead atoms. The second kappa shape index (κ2) is 11.4. The molecule has 3 heterocycles. The molecular weight excluding hydrogens is 508 g/mol. The van der Waals surface area contributed by atoms with Gasteiger partial charge in [0.2, 0.25) is 11.7 Å². The van der Waals surface area contributed by atoms with Crippen molar-refractivity contribution in [3.63, 3.8) is 0 Å². The minimum Gasteiger partial charge on any atom is -0.469 e. The maximum absolute atomic E-state index is 15.1. The fourth-order valence-electron chi connectivity index (χ4n) is 4.36. The number of cyclic esters (lactones) is 1. The van der Waals surface area contributed by atoms with Crippen molar-refractivity contribution in [2.75, 3.05) is 49.6 Å². The molecule has 14 heteroatoms. The maximum Gasteiger partial charge on any atom is 0.414 e. The standard InChI is InChI=1S/C24H27F2N5O7/c1-14(28-22(33)19-5-6-27-38-19)23(34)30-9-7-29(8-10-30)21-17(25)11-15(12-18(21)26)31-13-16(37-24(31)35)3-4-20(32)36-2/h5-6,11-12,14,16H,3-4,7-10,13H2,1-2H3,(H,28,33)/t14-,16-/m0/s1. The van der Waals surface area contributed by atoms with Crippen LogP contribution in [0, 0.1) is 11.6 Å². The van der Waals surface area contributed by atoms with Crippen molar-refractivity contribution in [1.29, 1.82) is 0 Å². The van der Waals surface area contributed by atoms with Gasteiger partial charge in [-0.2, -0.15) is 0 Å². The van der Waals surface area contributed by atoms with Gasteiger partial charge in [0.1, 0.15) is 17.8 Å². The number of hydrogen-bond acceptors (Lipinski definition) is 9. The number of nitrogens with one attached hydrogen (secondary N) is 1. The summed E-state index contributed by atoms with van der Waals surface area (Å²) in [6.45, 7) is 2.25. The van der Waals surface area contributed by atoms with Crippen LogP contribution in [0.25, 0.3) is 0 Å². The number of hydrogen-bond donors (Lipinski definition) is 1. The minimum absolute atomic E-state index is 0.000504. The lowest BCUT2D eigenvalue weighted by Crippen LogP contribution is -2.54. The quantitative estimate of drug-likeness (QED) is 0.501. The van der Waals surface area contributed by atoms with Crippen LogP contribution in [-0.2, 0) is 19.1 Å². The fraction of sp³-hybridized carbons (Fsp3) is 0.458. The average molecular weight is 536 g/mol. The highest BCUT2D eigenvalue weighted by atomic mass is 19.1. The number of carbonyl (C=O) groups excluding carboxylic acids is 4. The lowest BCUT2D eigenvalue weighted by molar-refractivity contribution is -0.141. The zero-order chi connectivity index (χ0) is 27.4. The number of anilines is 2. The summed E-state index contributed by atoms with van der Waals surface area (Å²) < 4.78 is 44.7. The van der Waals surface area contributed by atoms with Crippen molar-refractivity contribution in [3.05, 3.63) is 41.8 Å². The third-order valence-corrected chi connectivity index (χ3v) is 6.37. The lowest BCUT2D eigenvalue weighted by atomic mass is 10.1. The first-order valence-corrected chi connectivity index (χ1v) is 12.0. The predicted octanol–water partition coefficient (Wildman–Crippen LogP) is 1.70. The van der Waals surface area contributed by atoms with Crippen molar-refractivity contribution in [2.45, 2.75) is 31.9 Å². The molecule has 38 heavy (non-hydrogen) atoms. The number of benzene rings is 1. The summed E-state index contributed by atoms with van der Waals surface area (Å²) in [4.78, 5) is 52.5. The van der Waals surface area contributed by atoms with Crippen LogP contribution in [0.2, 0.25) is 0 Å². The normalized spacial score (nSPS) is 18.3. The molecular formula is C24H27F2N5O7. The monoisotopic (exact) mass is 535 g/mol. The molecule has 1 N–H and O–H groups in total. The summed E-state index contributed by atoms with van der Waals surface area (Å²) in [5.41, 5.74) is -0.262. The van der Waals surface area contributed by atoms with Crippen LogP contribution < -0.4 is 15.1 Å². The van der Waals surface area contributed by atoms with Crippen LogP contribution in [0.15, 0.2) is 28.9 Å². The number of halogens is 2. The van der Waals surface area contributed by atoms with E-state index < -0.39 is 41.7 Å². The van der Waals surface area contributed by atoms with Crippen LogP contribution in [0.4, 0.5) is 25.0 Å². The van der Waals surface area contributed by atoms with E-state index in [2.05, 4.69) is 15.2 Å². The number of methoxy groups -OCH3 is 1. The molecule has 2 aliphatic heterocycles. The van der Waals surface area contributed by atoms with Gasteiger partial charge in [-0.1, -0.05) is 5.16 Å². The van der Waals surface area contributed by atoms with Crippen LogP contribution in [0.3, 0.4) is 0 Å². The molecule has 2 aromatic rings. The average Bonchev–Trinajstić information content (AvgIpc) is 3.57. The van der Waals surface area contributed by atoms with Crippen LogP contribution in [0.1, 0.15) is 30.3 Å². The number of piperazine rings is 1. The Hall–Kier alpha value is -4.23. The Morgan fingerprint density at radius 2 is 1.87 bits per heavy atom. The van der Waals surface area contributed by atoms with Gasteiger partial charge in [-0.25, -0.2) is 13.6 Å². The summed E-state index contributed by atoms with van der Waals surface area (Å²) in [6, 6.07) is 2.64. The highest BCUT2D eigenvalue weighted by Gasteiger charge is 2.34. The Labute approximate surface area is 216 Å². The molecule has 0 aliphatic carbocycles. The number of nitrogens with zero attached hydrogens (tertiary/aromatic N) is 4. The van der Waals surface area contributed by atoms with Crippen LogP contribution in [0.5, 0.6) is 0 Å². The van der Waals surface area contributed by atoms with E-state index in [0.717, 1.165) is 17.0 Å². The Balaban J connectivity index is 1.35. The molecule has 2 fully saturated rings. The fourth-order valence-corrected chi connectivity index (χ4v) is 4.36. The number of esters is 1. The van der Waals surface area contributed by atoms with Crippen LogP contribution in [-0.4, -0.2) is 85.9 Å². The smallest absolute Gasteiger partial charge is 0.414 e. The summed E-state index contributed by atoms with van der Waals surface area (Å²) in [5, 5.41) is 5.98. The molecule has 0 radical (unpaired) electrons. The van der Waals surface area contributed by atoms with Gasteiger partial charge in [0.05, 0.1) is 25.5 Å². The summed E-state index contributed by atoms with van der Waals surface area (Å²) in [6.07, 6.45) is 0.213. The van der Waals surface area contributed by atoms with E-state index in [0.29, 0.717) is 0 Å². The van der Waals surface area contributed by atoms with E-state index in [1.165, 1.54) is 36.1 Å². The van der Waals surface area contributed by atoms with Gasteiger partial charge in [-0.05, 0) is 13.3 Å². The van der Waals surface area contributed by atoms with E-state index in [9.17, 15) is 19.2 Å². The Kier molecular flexibility index (Phi) is 8.08. The lowest BCUT2D eigenvalue weighted by Gasteiger charge is -2.37. The second-order valence-electron chi connectivity index (χ2n) is 8.87. The highest BCUT2D eigenvalue weighted by molar-refractivity contribution is 5.95. The Morgan fingerprint density at radius 3 is 2.47 bits per heavy atom. The largest absolute Gasteiger partial charge is 0.469 e. The first-order chi connectivity index (χ1) is 18.2. The maximum atomic E-state index is 15.1. The van der Waals surface area contributed by atoms with Gasteiger partial charge in [0.25, 0.3) is 5.91 Å². The molecule has 2 saturated heterocycles. The van der Waals surface area contributed by atoms with Gasteiger partial charge in [0, 0.05) is 50.8 Å². The molecule has 0 spiro atoms. The predicted molar refractivity (Wildman–Crippen MR) is 127 cm³/mol. The highest BCUT2D eigenvalue weighted by Crippen LogP contribution is 2.32. The van der Waals surface area contributed by atoms with E-state index >= 15 is 8.78 Å². The third kappa shape index (κ3) is 5.84. The van der Waals surface area contributed by atoms with Gasteiger partial charge < -0.3 is 29.1 Å². The first-order valence-electron chi connectivity index (χ1n) is 12.0. The molecule has 2 atom stereocenters. The molecule has 1 aromatic heterocycles. The molecule has 4 rings (SSSR count). The summed E-state index contributed by atoms with van der Waals surface area (Å²) in [5.74, 6) is -3.13. The molecule has 3 amide bonds. The zero-order valence-corrected chi connectivity index (χ0v) is 20.8. The van der Waals surface area contributed by atoms with Gasteiger partial charge in [-0.15, -0.1) is 0 Å². The van der Waals surface area contributed by atoms with E-state index in [1.807, 2.05) is 0 Å². The Morgan fingerprint density at radius 1 is 1.18 bits per heavy atom. The molecule has 204 valence electrons. The number of rotatable bonds is 8. The SMILES string of the molecule is COC(=O)CC[C@H]1CN(c2cc(F)c(N3CCN(C(=O)[C@H](C)NC(=O)c4ccno4)CC3)c(F)c2)C(=O)O1. The summed E-state index contributed by atoms with van der Waals surface area (Å²) >= 11 is 0. The Bertz CT molecular complexity index is 1180. The van der Waals surface area contributed by atoms with E-state index in [4.69, 9.17) is 9.26 Å². The topological polar surface area (TPSA) is 135 Å². The number of amides is 3. The van der Waals surface area contributed by atoms with Crippen molar-refractivity contribution in [1.82, 2.24) is 15.4 Å². The minimum atomic E-state index is -0.863. The molecule has 2 aliphatic rings. The first kappa shape index (κ1) is 26.8. The van der Waals surface area contributed by atoms with Crippen LogP contribution >= 0.6 is 0 Å². The van der Waals surface area contributed by atoms with Gasteiger partial charge in [0.15, 0.2) is 11.6 Å². The molecule has 0 saturated carbocycles. The van der Waals surface area contributed by atoms with Crippen molar-refractivity contribution in [2.24, 2.45) is 0 Å². The molecule has 12 nitrogen and oxygen atoms in total. The summed E-state index contributed by atoms with van der Waals surface area (Å²) in [7, 11) is 1.25. The van der Waals surface area contributed by atoms with E-state index in [1.54, 1.807) is 0 Å².